The SMILES string of the molecule is Cc1cc(NCCNC(=O)N(C)C)c(C#N)c(C)n1. The summed E-state index contributed by atoms with van der Waals surface area (Å²) < 4.78 is 0. The van der Waals surface area contributed by atoms with Crippen molar-refractivity contribution in [1.82, 2.24) is 15.2 Å². The molecular weight excluding hydrogens is 242 g/mol. The molecule has 0 aromatic carbocycles. The summed E-state index contributed by atoms with van der Waals surface area (Å²) in [4.78, 5) is 17.0. The van der Waals surface area contributed by atoms with Crippen LogP contribution in [-0.4, -0.2) is 43.1 Å². The maximum absolute atomic E-state index is 11.3. The van der Waals surface area contributed by atoms with Crippen molar-refractivity contribution in [3.63, 3.8) is 0 Å². The molecule has 0 bridgehead atoms. The van der Waals surface area contributed by atoms with Gasteiger partial charge in [-0.3, -0.25) is 4.98 Å². The average Bonchev–Trinajstić information content (AvgIpc) is 2.33. The largest absolute Gasteiger partial charge is 0.382 e. The zero-order valence-electron chi connectivity index (χ0n) is 11.7. The van der Waals surface area contributed by atoms with E-state index in [-0.39, 0.29) is 6.03 Å². The van der Waals surface area contributed by atoms with E-state index < -0.39 is 0 Å². The number of aromatic nitrogens is 1. The van der Waals surface area contributed by atoms with E-state index in [9.17, 15) is 4.79 Å². The Labute approximate surface area is 113 Å². The maximum atomic E-state index is 11.3. The van der Waals surface area contributed by atoms with E-state index in [4.69, 9.17) is 5.26 Å². The van der Waals surface area contributed by atoms with Crippen molar-refractivity contribution < 1.29 is 4.79 Å². The number of nitriles is 1. The second kappa shape index (κ2) is 6.59. The number of carbonyl (C=O) groups is 1. The zero-order chi connectivity index (χ0) is 14.4. The van der Waals surface area contributed by atoms with Gasteiger partial charge in [-0.2, -0.15) is 5.26 Å². The molecule has 0 saturated heterocycles. The highest BCUT2D eigenvalue weighted by Crippen LogP contribution is 2.18. The van der Waals surface area contributed by atoms with Crippen LogP contribution in [0.4, 0.5) is 10.5 Å². The van der Waals surface area contributed by atoms with E-state index in [0.717, 1.165) is 11.4 Å². The number of nitrogens with zero attached hydrogens (tertiary/aromatic N) is 3. The Hall–Kier alpha value is -2.29. The fourth-order valence-electron chi connectivity index (χ4n) is 1.63. The summed E-state index contributed by atoms with van der Waals surface area (Å²) in [6.07, 6.45) is 0. The Kier molecular flexibility index (Phi) is 5.12. The molecule has 19 heavy (non-hydrogen) atoms. The molecule has 6 heteroatoms. The second-order valence-corrected chi connectivity index (χ2v) is 4.44. The van der Waals surface area contributed by atoms with Crippen molar-refractivity contribution >= 4 is 11.7 Å². The molecule has 0 unspecified atom stereocenters. The van der Waals surface area contributed by atoms with E-state index in [2.05, 4.69) is 21.7 Å². The molecule has 0 aliphatic carbocycles. The number of pyridine rings is 1. The highest BCUT2D eigenvalue weighted by molar-refractivity contribution is 5.73. The minimum atomic E-state index is -0.135. The summed E-state index contributed by atoms with van der Waals surface area (Å²) in [6.45, 7) is 4.73. The number of aryl methyl sites for hydroxylation is 2. The van der Waals surface area contributed by atoms with Crippen molar-refractivity contribution in [1.29, 1.82) is 5.26 Å². The van der Waals surface area contributed by atoms with Gasteiger partial charge in [0.1, 0.15) is 6.07 Å². The van der Waals surface area contributed by atoms with E-state index in [1.54, 1.807) is 14.1 Å². The number of hydrogen-bond acceptors (Lipinski definition) is 4. The number of carbonyl (C=O) groups excluding carboxylic acids is 1. The standard InChI is InChI=1S/C13H19N5O/c1-9-7-12(11(8-14)10(2)17-9)15-5-6-16-13(19)18(3)4/h7H,5-6H2,1-4H3,(H,15,17)(H,16,19). The first-order chi connectivity index (χ1) is 8.95. The van der Waals surface area contributed by atoms with Crippen LogP contribution in [0.15, 0.2) is 6.07 Å². The van der Waals surface area contributed by atoms with Crippen LogP contribution in [0.5, 0.6) is 0 Å². The Morgan fingerprint density at radius 3 is 2.68 bits per heavy atom. The maximum Gasteiger partial charge on any atom is 0.316 e. The van der Waals surface area contributed by atoms with E-state index in [1.807, 2.05) is 19.9 Å². The van der Waals surface area contributed by atoms with Gasteiger partial charge in [0.15, 0.2) is 0 Å². The van der Waals surface area contributed by atoms with Crippen LogP contribution >= 0.6 is 0 Å². The smallest absolute Gasteiger partial charge is 0.316 e. The lowest BCUT2D eigenvalue weighted by Gasteiger charge is -2.14. The molecule has 0 saturated carbocycles. The first kappa shape index (κ1) is 14.8. The third kappa shape index (κ3) is 4.14. The summed E-state index contributed by atoms with van der Waals surface area (Å²) in [5.41, 5.74) is 2.87. The molecule has 0 atom stereocenters. The quantitative estimate of drug-likeness (QED) is 0.799. The van der Waals surface area contributed by atoms with Gasteiger partial charge in [-0.15, -0.1) is 0 Å². The minimum Gasteiger partial charge on any atom is -0.382 e. The van der Waals surface area contributed by atoms with Crippen LogP contribution in [0, 0.1) is 25.2 Å². The van der Waals surface area contributed by atoms with Gasteiger partial charge < -0.3 is 15.5 Å². The average molecular weight is 261 g/mol. The van der Waals surface area contributed by atoms with E-state index >= 15 is 0 Å². The number of amides is 2. The molecule has 2 N–H and O–H groups in total. The fourth-order valence-corrected chi connectivity index (χ4v) is 1.63. The highest BCUT2D eigenvalue weighted by Gasteiger charge is 2.07. The predicted molar refractivity (Wildman–Crippen MR) is 74.0 cm³/mol. The Balaban J connectivity index is 2.59. The van der Waals surface area contributed by atoms with Gasteiger partial charge in [0.05, 0.1) is 16.9 Å². The second-order valence-electron chi connectivity index (χ2n) is 4.44. The van der Waals surface area contributed by atoms with Crippen molar-refractivity contribution in [2.75, 3.05) is 32.5 Å². The van der Waals surface area contributed by atoms with Gasteiger partial charge in [0.2, 0.25) is 0 Å². The summed E-state index contributed by atoms with van der Waals surface area (Å²) in [5.74, 6) is 0. The monoisotopic (exact) mass is 261 g/mol. The topological polar surface area (TPSA) is 81.0 Å². The third-order valence-electron chi connectivity index (χ3n) is 2.56. The zero-order valence-corrected chi connectivity index (χ0v) is 11.7. The molecule has 1 aromatic heterocycles. The third-order valence-corrected chi connectivity index (χ3v) is 2.56. The Bertz CT molecular complexity index is 504. The van der Waals surface area contributed by atoms with Crippen LogP contribution in [-0.2, 0) is 0 Å². The highest BCUT2D eigenvalue weighted by atomic mass is 16.2. The molecular formula is C13H19N5O. The van der Waals surface area contributed by atoms with Gasteiger partial charge >= 0.3 is 6.03 Å². The summed E-state index contributed by atoms with van der Waals surface area (Å²) in [7, 11) is 3.37. The number of anilines is 1. The van der Waals surface area contributed by atoms with Crippen LogP contribution in [0.2, 0.25) is 0 Å². The first-order valence-corrected chi connectivity index (χ1v) is 6.03. The van der Waals surface area contributed by atoms with E-state index in [0.29, 0.717) is 24.3 Å². The molecule has 1 heterocycles. The number of hydrogen-bond donors (Lipinski definition) is 2. The molecule has 0 aliphatic rings. The Morgan fingerprint density at radius 2 is 2.11 bits per heavy atom. The fraction of sp³-hybridized carbons (Fsp3) is 0.462. The normalized spacial score (nSPS) is 9.63. The summed E-state index contributed by atoms with van der Waals surface area (Å²) in [6, 6.07) is 3.84. The van der Waals surface area contributed by atoms with Crippen molar-refractivity contribution in [3.8, 4) is 6.07 Å². The summed E-state index contributed by atoms with van der Waals surface area (Å²) >= 11 is 0. The van der Waals surface area contributed by atoms with Gasteiger partial charge in [-0.05, 0) is 19.9 Å². The van der Waals surface area contributed by atoms with Crippen LogP contribution < -0.4 is 10.6 Å². The molecule has 0 spiro atoms. The van der Waals surface area contributed by atoms with Gasteiger partial charge in [-0.25, -0.2) is 4.79 Å². The molecule has 1 aromatic rings. The predicted octanol–water partition coefficient (Wildman–Crippen LogP) is 1.25. The molecule has 102 valence electrons. The minimum absolute atomic E-state index is 0.135. The van der Waals surface area contributed by atoms with Gasteiger partial charge in [-0.1, -0.05) is 0 Å². The lowest BCUT2D eigenvalue weighted by Crippen LogP contribution is -2.37. The number of nitrogens with one attached hydrogen (secondary N) is 2. The molecule has 6 nitrogen and oxygen atoms in total. The van der Waals surface area contributed by atoms with Crippen molar-refractivity contribution in [2.24, 2.45) is 0 Å². The lowest BCUT2D eigenvalue weighted by molar-refractivity contribution is 0.218. The molecule has 0 fully saturated rings. The van der Waals surface area contributed by atoms with Gasteiger partial charge in [0, 0.05) is 32.9 Å². The van der Waals surface area contributed by atoms with Crippen molar-refractivity contribution in [3.05, 3.63) is 23.0 Å². The molecule has 2 amide bonds. The number of rotatable bonds is 4. The van der Waals surface area contributed by atoms with E-state index in [1.165, 1.54) is 4.90 Å². The van der Waals surface area contributed by atoms with Crippen molar-refractivity contribution in [2.45, 2.75) is 13.8 Å². The molecule has 0 radical (unpaired) electrons. The Morgan fingerprint density at radius 1 is 1.42 bits per heavy atom. The van der Waals surface area contributed by atoms with Crippen LogP contribution in [0.3, 0.4) is 0 Å². The van der Waals surface area contributed by atoms with Gasteiger partial charge in [0.25, 0.3) is 0 Å². The molecule has 0 aliphatic heterocycles. The van der Waals surface area contributed by atoms with Crippen LogP contribution in [0.25, 0.3) is 0 Å². The first-order valence-electron chi connectivity index (χ1n) is 6.03. The molecule has 1 rings (SSSR count). The lowest BCUT2D eigenvalue weighted by atomic mass is 10.1. The number of urea groups is 1. The summed E-state index contributed by atoms with van der Waals surface area (Å²) in [5, 5.41) is 15.0. The van der Waals surface area contributed by atoms with Crippen LogP contribution in [0.1, 0.15) is 17.0 Å².